The number of rotatable bonds is 3. The van der Waals surface area contributed by atoms with Crippen molar-refractivity contribution in [3.8, 4) is 0 Å². The van der Waals surface area contributed by atoms with Crippen molar-refractivity contribution < 1.29 is 9.66 Å². The van der Waals surface area contributed by atoms with Crippen LogP contribution in [0.5, 0.6) is 0 Å². The number of nitro groups is 1. The van der Waals surface area contributed by atoms with Crippen molar-refractivity contribution in [3.05, 3.63) is 39.9 Å². The second-order valence-corrected chi connectivity index (χ2v) is 3.05. The van der Waals surface area contributed by atoms with E-state index < -0.39 is 0 Å². The van der Waals surface area contributed by atoms with Crippen LogP contribution >= 0.6 is 0 Å². The molecule has 0 spiro atoms. The summed E-state index contributed by atoms with van der Waals surface area (Å²) < 4.78 is 5.02. The van der Waals surface area contributed by atoms with Crippen LogP contribution in [0.1, 0.15) is 5.56 Å². The third-order valence-electron chi connectivity index (χ3n) is 2.04. The Balaban J connectivity index is 2.25. The summed E-state index contributed by atoms with van der Waals surface area (Å²) in [6.07, 6.45) is 0.845. The lowest BCUT2D eigenvalue weighted by Crippen LogP contribution is -1.98. The molecule has 1 atom stereocenters. The maximum Gasteiger partial charge on any atom is 0.272 e. The number of nitro benzene ring substituents is 1. The van der Waals surface area contributed by atoms with Crippen molar-refractivity contribution in [3.63, 3.8) is 0 Å². The summed E-state index contributed by atoms with van der Waals surface area (Å²) in [7, 11) is 0. The highest BCUT2D eigenvalue weighted by Crippen LogP contribution is 2.23. The molecule has 0 radical (unpaired) electrons. The molecule has 0 aliphatic carbocycles. The zero-order valence-corrected chi connectivity index (χ0v) is 6.97. The number of hydrogen-bond donors (Lipinski definition) is 0. The fraction of sp³-hybridized carbons (Fsp3) is 0.333. The molecule has 1 aliphatic heterocycles. The number of nitrogens with zero attached hydrogens (tertiary/aromatic N) is 1. The molecule has 0 N–H and O–H groups in total. The van der Waals surface area contributed by atoms with E-state index in [0.717, 1.165) is 12.2 Å². The van der Waals surface area contributed by atoms with Crippen LogP contribution < -0.4 is 0 Å². The first-order valence-electron chi connectivity index (χ1n) is 4.11. The molecule has 0 amide bonds. The topological polar surface area (TPSA) is 55.7 Å². The molecule has 2 rings (SSSR count). The predicted molar refractivity (Wildman–Crippen MR) is 46.5 cm³/mol. The average Bonchev–Trinajstić information content (AvgIpc) is 2.89. The molecule has 1 aromatic carbocycles. The van der Waals surface area contributed by atoms with Gasteiger partial charge in [0.2, 0.25) is 0 Å². The Bertz CT molecular complexity index is 333. The highest BCUT2D eigenvalue weighted by atomic mass is 16.6. The lowest BCUT2D eigenvalue weighted by molar-refractivity contribution is -0.385. The van der Waals surface area contributed by atoms with E-state index in [1.165, 1.54) is 6.07 Å². The molecule has 0 saturated carbocycles. The summed E-state index contributed by atoms with van der Waals surface area (Å²) in [6.45, 7) is 0.728. The molecule has 1 aliphatic rings. The SMILES string of the molecule is O=[N+]([O-])c1ccccc1C[C@@H]1CO1. The van der Waals surface area contributed by atoms with Crippen molar-refractivity contribution >= 4 is 5.69 Å². The Morgan fingerprint density at radius 3 is 2.85 bits per heavy atom. The molecule has 1 aromatic rings. The number of epoxide rings is 1. The van der Waals surface area contributed by atoms with Gasteiger partial charge in [0.15, 0.2) is 0 Å². The van der Waals surface area contributed by atoms with Crippen LogP contribution in [0.2, 0.25) is 0 Å². The molecular weight excluding hydrogens is 170 g/mol. The van der Waals surface area contributed by atoms with Crippen molar-refractivity contribution in [2.75, 3.05) is 6.61 Å². The van der Waals surface area contributed by atoms with Crippen LogP contribution in [0.25, 0.3) is 0 Å². The quantitative estimate of drug-likeness (QED) is 0.401. The van der Waals surface area contributed by atoms with E-state index in [2.05, 4.69) is 0 Å². The molecule has 68 valence electrons. The van der Waals surface area contributed by atoms with Crippen molar-refractivity contribution in [1.82, 2.24) is 0 Å². The van der Waals surface area contributed by atoms with Crippen molar-refractivity contribution in [2.24, 2.45) is 0 Å². The van der Waals surface area contributed by atoms with Gasteiger partial charge in [-0.25, -0.2) is 0 Å². The van der Waals surface area contributed by atoms with E-state index >= 15 is 0 Å². The summed E-state index contributed by atoms with van der Waals surface area (Å²) in [4.78, 5) is 10.2. The minimum atomic E-state index is -0.349. The monoisotopic (exact) mass is 179 g/mol. The molecule has 0 unspecified atom stereocenters. The van der Waals surface area contributed by atoms with E-state index in [-0.39, 0.29) is 16.7 Å². The highest BCUT2D eigenvalue weighted by Gasteiger charge is 2.26. The van der Waals surface area contributed by atoms with Crippen LogP contribution in [0.3, 0.4) is 0 Å². The first kappa shape index (κ1) is 8.19. The van der Waals surface area contributed by atoms with E-state index in [0.29, 0.717) is 6.42 Å². The number of ether oxygens (including phenoxy) is 1. The second kappa shape index (κ2) is 3.14. The molecule has 1 saturated heterocycles. The van der Waals surface area contributed by atoms with Gasteiger partial charge in [-0.05, 0) is 0 Å². The van der Waals surface area contributed by atoms with Gasteiger partial charge < -0.3 is 4.74 Å². The Hall–Kier alpha value is -1.42. The van der Waals surface area contributed by atoms with Gasteiger partial charge in [0.1, 0.15) is 0 Å². The van der Waals surface area contributed by atoms with Gasteiger partial charge in [0.25, 0.3) is 5.69 Å². The van der Waals surface area contributed by atoms with Crippen LogP contribution in [-0.4, -0.2) is 17.6 Å². The minimum absolute atomic E-state index is 0.193. The summed E-state index contributed by atoms with van der Waals surface area (Å²) in [5, 5.41) is 10.6. The Labute approximate surface area is 75.3 Å². The smallest absolute Gasteiger partial charge is 0.272 e. The third-order valence-corrected chi connectivity index (χ3v) is 2.04. The molecule has 0 aromatic heterocycles. The largest absolute Gasteiger partial charge is 0.373 e. The lowest BCUT2D eigenvalue weighted by atomic mass is 10.1. The lowest BCUT2D eigenvalue weighted by Gasteiger charge is -1.98. The Morgan fingerprint density at radius 2 is 2.23 bits per heavy atom. The fourth-order valence-corrected chi connectivity index (χ4v) is 1.29. The third kappa shape index (κ3) is 1.84. The van der Waals surface area contributed by atoms with E-state index in [4.69, 9.17) is 4.74 Å². The predicted octanol–water partition coefficient (Wildman–Crippen LogP) is 1.54. The first-order chi connectivity index (χ1) is 6.27. The minimum Gasteiger partial charge on any atom is -0.373 e. The molecule has 4 nitrogen and oxygen atoms in total. The van der Waals surface area contributed by atoms with Crippen LogP contribution in [0.15, 0.2) is 24.3 Å². The number of para-hydroxylation sites is 1. The van der Waals surface area contributed by atoms with Gasteiger partial charge in [-0.15, -0.1) is 0 Å². The molecule has 4 heteroatoms. The zero-order valence-electron chi connectivity index (χ0n) is 6.97. The van der Waals surface area contributed by atoms with E-state index in [1.807, 2.05) is 6.07 Å². The summed E-state index contributed by atoms with van der Waals surface area (Å²) in [5.74, 6) is 0. The molecule has 1 heterocycles. The van der Waals surface area contributed by atoms with E-state index in [1.54, 1.807) is 12.1 Å². The summed E-state index contributed by atoms with van der Waals surface area (Å²) in [5.41, 5.74) is 0.952. The summed E-state index contributed by atoms with van der Waals surface area (Å²) in [6, 6.07) is 6.79. The number of hydrogen-bond acceptors (Lipinski definition) is 3. The molecular formula is C9H9NO3. The van der Waals surface area contributed by atoms with Gasteiger partial charge in [0, 0.05) is 18.1 Å². The molecule has 1 fully saturated rings. The fourth-order valence-electron chi connectivity index (χ4n) is 1.29. The molecule has 13 heavy (non-hydrogen) atoms. The van der Waals surface area contributed by atoms with Crippen LogP contribution in [0.4, 0.5) is 5.69 Å². The van der Waals surface area contributed by atoms with Gasteiger partial charge in [-0.2, -0.15) is 0 Å². The van der Waals surface area contributed by atoms with Crippen molar-refractivity contribution in [2.45, 2.75) is 12.5 Å². The van der Waals surface area contributed by atoms with Gasteiger partial charge in [0.05, 0.1) is 17.6 Å². The standard InChI is InChI=1S/C9H9NO3/c11-10(12)9-4-2-1-3-7(9)5-8-6-13-8/h1-4,8H,5-6H2/t8-/m1/s1. The van der Waals surface area contributed by atoms with E-state index in [9.17, 15) is 10.1 Å². The normalized spacial score (nSPS) is 19.8. The van der Waals surface area contributed by atoms with Gasteiger partial charge in [-0.1, -0.05) is 18.2 Å². The van der Waals surface area contributed by atoms with Gasteiger partial charge in [-0.3, -0.25) is 10.1 Å². The highest BCUT2D eigenvalue weighted by molar-refractivity contribution is 5.40. The average molecular weight is 179 g/mol. The van der Waals surface area contributed by atoms with Crippen LogP contribution in [0, 0.1) is 10.1 Å². The second-order valence-electron chi connectivity index (χ2n) is 3.05. The van der Waals surface area contributed by atoms with Gasteiger partial charge >= 0.3 is 0 Å². The van der Waals surface area contributed by atoms with Crippen molar-refractivity contribution in [1.29, 1.82) is 0 Å². The Morgan fingerprint density at radius 1 is 1.54 bits per heavy atom. The summed E-state index contributed by atoms with van der Waals surface area (Å²) >= 11 is 0. The first-order valence-corrected chi connectivity index (χ1v) is 4.11. The van der Waals surface area contributed by atoms with Crippen LogP contribution in [-0.2, 0) is 11.2 Å². The molecule has 0 bridgehead atoms. The maximum atomic E-state index is 10.6. The zero-order chi connectivity index (χ0) is 9.26. The number of benzene rings is 1. The maximum absolute atomic E-state index is 10.6. The Kier molecular flexibility index (Phi) is 1.98.